The minimum Gasteiger partial charge on any atom is -0.495 e. The van der Waals surface area contributed by atoms with Gasteiger partial charge in [-0.25, -0.2) is 0 Å². The zero-order chi connectivity index (χ0) is 14.1. The van der Waals surface area contributed by atoms with Crippen LogP contribution in [-0.4, -0.2) is 23.2 Å². The lowest BCUT2D eigenvalue weighted by molar-refractivity contribution is 0.102. The molecule has 3 rings (SSSR count). The molecule has 1 aromatic carbocycles. The monoisotopic (exact) mass is 308 g/mol. The van der Waals surface area contributed by atoms with Crippen LogP contribution in [0.15, 0.2) is 24.3 Å². The standard InChI is InChI=1S/C14H16N4O2.ClH/c1-20-13-5-4-9(6-10(13)15)16-14(19)12-7-11(17-18-12)8-2-3-8;/h4-8H,2-3,15H2,1H3,(H,16,19)(H,17,18);1H. The van der Waals surface area contributed by atoms with Crippen LogP contribution in [0.2, 0.25) is 0 Å². The summed E-state index contributed by atoms with van der Waals surface area (Å²) in [6, 6.07) is 6.91. The van der Waals surface area contributed by atoms with Gasteiger partial charge in [0.1, 0.15) is 5.75 Å². The largest absolute Gasteiger partial charge is 0.495 e. The van der Waals surface area contributed by atoms with Crippen molar-refractivity contribution < 1.29 is 9.53 Å². The Kier molecular flexibility index (Phi) is 4.37. The van der Waals surface area contributed by atoms with Crippen LogP contribution >= 0.6 is 12.4 Å². The van der Waals surface area contributed by atoms with E-state index in [9.17, 15) is 4.79 Å². The number of ether oxygens (including phenoxy) is 1. The SMILES string of the molecule is COc1ccc(NC(=O)c2cc(C3CC3)[nH]n2)cc1N.Cl. The van der Waals surface area contributed by atoms with Gasteiger partial charge in [-0.3, -0.25) is 9.89 Å². The van der Waals surface area contributed by atoms with E-state index >= 15 is 0 Å². The van der Waals surface area contributed by atoms with Crippen LogP contribution in [0, 0.1) is 0 Å². The van der Waals surface area contributed by atoms with Gasteiger partial charge >= 0.3 is 0 Å². The number of carbonyl (C=O) groups is 1. The van der Waals surface area contributed by atoms with Crippen molar-refractivity contribution in [2.45, 2.75) is 18.8 Å². The summed E-state index contributed by atoms with van der Waals surface area (Å²) in [6.07, 6.45) is 2.33. The number of halogens is 1. The van der Waals surface area contributed by atoms with Crippen molar-refractivity contribution in [3.63, 3.8) is 0 Å². The highest BCUT2D eigenvalue weighted by molar-refractivity contribution is 6.03. The lowest BCUT2D eigenvalue weighted by Gasteiger charge is -2.07. The van der Waals surface area contributed by atoms with Crippen LogP contribution in [0.3, 0.4) is 0 Å². The lowest BCUT2D eigenvalue weighted by atomic mass is 10.2. The quantitative estimate of drug-likeness (QED) is 0.757. The number of benzene rings is 1. The molecule has 4 N–H and O–H groups in total. The molecular weight excluding hydrogens is 292 g/mol. The zero-order valence-corrected chi connectivity index (χ0v) is 12.4. The van der Waals surface area contributed by atoms with Crippen LogP contribution < -0.4 is 15.8 Å². The molecule has 0 saturated heterocycles. The normalized spacial score (nSPS) is 13.4. The molecule has 1 aliphatic rings. The van der Waals surface area contributed by atoms with Gasteiger partial charge in [-0.05, 0) is 37.1 Å². The number of aromatic nitrogens is 2. The van der Waals surface area contributed by atoms with Gasteiger partial charge in [0.25, 0.3) is 5.91 Å². The maximum atomic E-state index is 12.1. The molecule has 1 amide bonds. The van der Waals surface area contributed by atoms with E-state index in [1.54, 1.807) is 31.4 Å². The molecule has 6 nitrogen and oxygen atoms in total. The van der Waals surface area contributed by atoms with Crippen LogP contribution in [-0.2, 0) is 0 Å². The molecule has 2 aromatic rings. The molecule has 1 aliphatic carbocycles. The highest BCUT2D eigenvalue weighted by atomic mass is 35.5. The van der Waals surface area contributed by atoms with Gasteiger partial charge in [-0.15, -0.1) is 12.4 Å². The van der Waals surface area contributed by atoms with Crippen molar-refractivity contribution in [1.29, 1.82) is 0 Å². The number of anilines is 2. The molecule has 0 unspecified atom stereocenters. The van der Waals surface area contributed by atoms with Crippen LogP contribution in [0.25, 0.3) is 0 Å². The van der Waals surface area contributed by atoms with Gasteiger partial charge in [0.15, 0.2) is 5.69 Å². The third-order valence-corrected chi connectivity index (χ3v) is 3.34. The molecule has 1 saturated carbocycles. The summed E-state index contributed by atoms with van der Waals surface area (Å²) in [4.78, 5) is 12.1. The number of nitrogens with two attached hydrogens (primary N) is 1. The van der Waals surface area contributed by atoms with E-state index in [2.05, 4.69) is 15.5 Å². The first-order valence-corrected chi connectivity index (χ1v) is 6.47. The van der Waals surface area contributed by atoms with E-state index in [1.807, 2.05) is 0 Å². The number of nitrogen functional groups attached to an aromatic ring is 1. The number of amides is 1. The third-order valence-electron chi connectivity index (χ3n) is 3.34. The Hall–Kier alpha value is -2.21. The van der Waals surface area contributed by atoms with E-state index < -0.39 is 0 Å². The summed E-state index contributed by atoms with van der Waals surface area (Å²) in [6.45, 7) is 0. The van der Waals surface area contributed by atoms with Crippen LogP contribution in [0.4, 0.5) is 11.4 Å². The number of aromatic amines is 1. The fourth-order valence-corrected chi connectivity index (χ4v) is 2.06. The molecule has 1 heterocycles. The smallest absolute Gasteiger partial charge is 0.276 e. The Morgan fingerprint density at radius 1 is 1.43 bits per heavy atom. The first kappa shape index (κ1) is 15.2. The number of nitrogens with one attached hydrogen (secondary N) is 2. The second-order valence-electron chi connectivity index (χ2n) is 4.89. The van der Waals surface area contributed by atoms with Crippen LogP contribution in [0.5, 0.6) is 5.75 Å². The maximum Gasteiger partial charge on any atom is 0.276 e. The summed E-state index contributed by atoms with van der Waals surface area (Å²) in [5.41, 5.74) is 8.32. The van der Waals surface area contributed by atoms with E-state index in [4.69, 9.17) is 10.5 Å². The Balaban J connectivity index is 0.00000161. The van der Waals surface area contributed by atoms with Crippen molar-refractivity contribution >= 4 is 29.7 Å². The fraction of sp³-hybridized carbons (Fsp3) is 0.286. The lowest BCUT2D eigenvalue weighted by Crippen LogP contribution is -2.12. The molecule has 0 bridgehead atoms. The summed E-state index contributed by atoms with van der Waals surface area (Å²) in [5.74, 6) is 0.872. The third kappa shape index (κ3) is 3.28. The highest BCUT2D eigenvalue weighted by Gasteiger charge is 2.26. The van der Waals surface area contributed by atoms with Gasteiger partial charge in [0.05, 0.1) is 12.8 Å². The average Bonchev–Trinajstić information content (AvgIpc) is 3.16. The molecule has 0 radical (unpaired) electrons. The Labute approximate surface area is 128 Å². The van der Waals surface area contributed by atoms with Gasteiger partial charge in [-0.1, -0.05) is 0 Å². The average molecular weight is 309 g/mol. The van der Waals surface area contributed by atoms with Crippen molar-refractivity contribution in [3.8, 4) is 5.75 Å². The van der Waals surface area contributed by atoms with Crippen molar-refractivity contribution in [2.75, 3.05) is 18.2 Å². The van der Waals surface area contributed by atoms with E-state index in [0.717, 1.165) is 18.5 Å². The maximum absolute atomic E-state index is 12.1. The minimum atomic E-state index is -0.252. The van der Waals surface area contributed by atoms with Gasteiger partial charge in [0, 0.05) is 17.3 Å². The predicted molar refractivity (Wildman–Crippen MR) is 83.2 cm³/mol. The molecule has 0 aliphatic heterocycles. The van der Waals surface area contributed by atoms with E-state index in [-0.39, 0.29) is 18.3 Å². The second kappa shape index (κ2) is 6.05. The number of hydrogen-bond acceptors (Lipinski definition) is 4. The molecule has 21 heavy (non-hydrogen) atoms. The Morgan fingerprint density at radius 2 is 2.19 bits per heavy atom. The van der Waals surface area contributed by atoms with Gasteiger partial charge < -0.3 is 15.8 Å². The molecule has 7 heteroatoms. The van der Waals surface area contributed by atoms with Crippen molar-refractivity contribution in [3.05, 3.63) is 35.7 Å². The molecular formula is C14H17ClN4O2. The molecule has 0 atom stereocenters. The number of rotatable bonds is 4. The van der Waals surface area contributed by atoms with Crippen molar-refractivity contribution in [2.24, 2.45) is 0 Å². The number of methoxy groups -OCH3 is 1. The van der Waals surface area contributed by atoms with Gasteiger partial charge in [-0.2, -0.15) is 5.10 Å². The topological polar surface area (TPSA) is 93.0 Å². The number of nitrogens with zero attached hydrogens (tertiary/aromatic N) is 1. The second-order valence-corrected chi connectivity index (χ2v) is 4.89. The molecule has 1 fully saturated rings. The number of H-pyrrole nitrogens is 1. The highest BCUT2D eigenvalue weighted by Crippen LogP contribution is 2.39. The summed E-state index contributed by atoms with van der Waals surface area (Å²) < 4.78 is 5.07. The van der Waals surface area contributed by atoms with Crippen molar-refractivity contribution in [1.82, 2.24) is 10.2 Å². The number of hydrogen-bond donors (Lipinski definition) is 3. The Bertz CT molecular complexity index is 652. The molecule has 1 aromatic heterocycles. The molecule has 112 valence electrons. The van der Waals surface area contributed by atoms with E-state index in [1.165, 1.54) is 0 Å². The predicted octanol–water partition coefficient (Wildman–Crippen LogP) is 2.55. The van der Waals surface area contributed by atoms with Gasteiger partial charge in [0.2, 0.25) is 0 Å². The first-order chi connectivity index (χ1) is 9.67. The van der Waals surface area contributed by atoms with Crippen LogP contribution in [0.1, 0.15) is 34.9 Å². The molecule has 0 spiro atoms. The van der Waals surface area contributed by atoms with E-state index in [0.29, 0.717) is 28.7 Å². The first-order valence-electron chi connectivity index (χ1n) is 6.47. The summed E-state index contributed by atoms with van der Waals surface area (Å²) in [7, 11) is 1.55. The zero-order valence-electron chi connectivity index (χ0n) is 11.6. The summed E-state index contributed by atoms with van der Waals surface area (Å²) in [5, 5.41) is 9.71. The Morgan fingerprint density at radius 3 is 2.81 bits per heavy atom. The fourth-order valence-electron chi connectivity index (χ4n) is 2.06. The number of carbonyl (C=O) groups excluding carboxylic acids is 1. The summed E-state index contributed by atoms with van der Waals surface area (Å²) >= 11 is 0. The minimum absolute atomic E-state index is 0.